The topological polar surface area (TPSA) is 98.0 Å². The third kappa shape index (κ3) is 5.74. The van der Waals surface area contributed by atoms with E-state index in [0.717, 1.165) is 31.7 Å². The first-order chi connectivity index (χ1) is 12.1. The molecule has 6 nitrogen and oxygen atoms in total. The molecule has 0 spiro atoms. The molecular formula is C18H21FN4O2. The highest BCUT2D eigenvalue weighted by molar-refractivity contribution is 5.76. The van der Waals surface area contributed by atoms with E-state index in [1.54, 1.807) is 0 Å². The van der Waals surface area contributed by atoms with Crippen LogP contribution in [0.4, 0.5) is 10.2 Å². The maximum absolute atomic E-state index is 14.0. The van der Waals surface area contributed by atoms with E-state index < -0.39 is 5.82 Å². The van der Waals surface area contributed by atoms with Crippen molar-refractivity contribution >= 4 is 11.7 Å². The molecule has 0 saturated heterocycles. The predicted molar refractivity (Wildman–Crippen MR) is 90.8 cm³/mol. The third-order valence-corrected chi connectivity index (χ3v) is 4.23. The quantitative estimate of drug-likeness (QED) is 0.704. The Labute approximate surface area is 146 Å². The molecule has 0 bridgehead atoms. The van der Waals surface area contributed by atoms with Crippen molar-refractivity contribution in [1.29, 1.82) is 5.26 Å². The van der Waals surface area contributed by atoms with Crippen LogP contribution in [0.15, 0.2) is 12.3 Å². The minimum atomic E-state index is -0.563. The van der Waals surface area contributed by atoms with Crippen LogP contribution in [0, 0.1) is 34.9 Å². The van der Waals surface area contributed by atoms with Gasteiger partial charge in [0.15, 0.2) is 11.6 Å². The Kier molecular flexibility index (Phi) is 7.18. The number of halogens is 1. The van der Waals surface area contributed by atoms with E-state index in [0.29, 0.717) is 6.42 Å². The van der Waals surface area contributed by atoms with E-state index >= 15 is 0 Å². The Morgan fingerprint density at radius 1 is 1.40 bits per heavy atom. The van der Waals surface area contributed by atoms with Crippen LogP contribution in [0.3, 0.4) is 0 Å². The second-order valence-corrected chi connectivity index (χ2v) is 5.95. The largest absolute Gasteiger partial charge is 0.384 e. The van der Waals surface area contributed by atoms with Crippen molar-refractivity contribution in [2.75, 3.05) is 18.5 Å². The first-order valence-electron chi connectivity index (χ1n) is 8.29. The summed E-state index contributed by atoms with van der Waals surface area (Å²) >= 11 is 0. The fourth-order valence-corrected chi connectivity index (χ4v) is 2.99. The monoisotopic (exact) mass is 344 g/mol. The maximum atomic E-state index is 14.0. The molecule has 7 heteroatoms. The SMILES string of the molecule is N#Cc1cnc(N[C@H]2CCCC[C@H]2CC(=O)NCC#CCO)c(F)c1. The molecule has 1 aromatic heterocycles. The zero-order chi connectivity index (χ0) is 18.1. The van der Waals surface area contributed by atoms with Gasteiger partial charge < -0.3 is 15.7 Å². The number of pyridine rings is 1. The average Bonchev–Trinajstić information content (AvgIpc) is 2.62. The molecule has 1 aromatic rings. The lowest BCUT2D eigenvalue weighted by atomic mass is 9.82. The Morgan fingerprint density at radius 3 is 2.92 bits per heavy atom. The number of nitrogens with one attached hydrogen (secondary N) is 2. The van der Waals surface area contributed by atoms with Gasteiger partial charge in [0.1, 0.15) is 12.7 Å². The lowest BCUT2D eigenvalue weighted by molar-refractivity contribution is -0.122. The number of carbonyl (C=O) groups is 1. The van der Waals surface area contributed by atoms with Gasteiger partial charge in [0.05, 0.1) is 12.1 Å². The second kappa shape index (κ2) is 9.61. The summed E-state index contributed by atoms with van der Waals surface area (Å²) in [6, 6.07) is 2.96. The number of aliphatic hydroxyl groups excluding tert-OH is 1. The van der Waals surface area contributed by atoms with Crippen LogP contribution < -0.4 is 10.6 Å². The molecule has 1 heterocycles. The van der Waals surface area contributed by atoms with Crippen molar-refractivity contribution in [3.8, 4) is 17.9 Å². The molecule has 2 rings (SSSR count). The summed E-state index contributed by atoms with van der Waals surface area (Å²) in [5.41, 5.74) is 0.173. The number of rotatable bonds is 5. The van der Waals surface area contributed by atoms with Gasteiger partial charge in [-0.15, -0.1) is 0 Å². The van der Waals surface area contributed by atoms with Crippen LogP contribution in [-0.4, -0.2) is 35.2 Å². The minimum Gasteiger partial charge on any atom is -0.384 e. The summed E-state index contributed by atoms with van der Waals surface area (Å²) in [5.74, 6) is 4.63. The van der Waals surface area contributed by atoms with Crippen LogP contribution in [0.25, 0.3) is 0 Å². The van der Waals surface area contributed by atoms with Crippen molar-refractivity contribution in [2.45, 2.75) is 38.1 Å². The first-order valence-corrected chi connectivity index (χ1v) is 8.29. The number of hydrogen-bond donors (Lipinski definition) is 3. The molecule has 1 aliphatic carbocycles. The zero-order valence-electron chi connectivity index (χ0n) is 13.9. The number of nitriles is 1. The number of anilines is 1. The molecule has 1 fully saturated rings. The molecule has 0 radical (unpaired) electrons. The second-order valence-electron chi connectivity index (χ2n) is 5.95. The van der Waals surface area contributed by atoms with Crippen LogP contribution in [-0.2, 0) is 4.79 Å². The fraction of sp³-hybridized carbons (Fsp3) is 0.500. The van der Waals surface area contributed by atoms with E-state index in [1.807, 2.05) is 6.07 Å². The lowest BCUT2D eigenvalue weighted by Crippen LogP contribution is -2.37. The van der Waals surface area contributed by atoms with Gasteiger partial charge in [-0.3, -0.25) is 4.79 Å². The van der Waals surface area contributed by atoms with Gasteiger partial charge in [-0.1, -0.05) is 24.7 Å². The molecule has 132 valence electrons. The van der Waals surface area contributed by atoms with E-state index in [1.165, 1.54) is 6.20 Å². The number of hydrogen-bond acceptors (Lipinski definition) is 5. The van der Waals surface area contributed by atoms with Crippen LogP contribution >= 0.6 is 0 Å². The first kappa shape index (κ1) is 18.7. The molecule has 1 aliphatic rings. The van der Waals surface area contributed by atoms with Gasteiger partial charge in [-0.05, 0) is 24.8 Å². The Hall–Kier alpha value is -2.64. The third-order valence-electron chi connectivity index (χ3n) is 4.23. The Morgan fingerprint density at radius 2 is 2.20 bits per heavy atom. The van der Waals surface area contributed by atoms with Gasteiger partial charge in [0, 0.05) is 18.7 Å². The van der Waals surface area contributed by atoms with E-state index in [-0.39, 0.29) is 42.4 Å². The highest BCUT2D eigenvalue weighted by atomic mass is 19.1. The van der Waals surface area contributed by atoms with E-state index in [4.69, 9.17) is 10.4 Å². The molecule has 1 saturated carbocycles. The number of aliphatic hydroxyl groups is 1. The normalized spacial score (nSPS) is 19.2. The smallest absolute Gasteiger partial charge is 0.221 e. The highest BCUT2D eigenvalue weighted by Gasteiger charge is 2.28. The summed E-state index contributed by atoms with van der Waals surface area (Å²) in [4.78, 5) is 16.0. The molecule has 1 amide bonds. The van der Waals surface area contributed by atoms with E-state index in [2.05, 4.69) is 27.5 Å². The molecule has 0 unspecified atom stereocenters. The summed E-state index contributed by atoms with van der Waals surface area (Å²) in [7, 11) is 0. The molecule has 0 aliphatic heterocycles. The minimum absolute atomic E-state index is 0.0436. The van der Waals surface area contributed by atoms with Crippen LogP contribution in [0.2, 0.25) is 0 Å². The highest BCUT2D eigenvalue weighted by Crippen LogP contribution is 2.29. The summed E-state index contributed by atoms with van der Waals surface area (Å²) in [6.07, 6.45) is 5.42. The number of nitrogens with zero attached hydrogens (tertiary/aromatic N) is 2. The summed E-state index contributed by atoms with van der Waals surface area (Å²) in [5, 5.41) is 23.1. The van der Waals surface area contributed by atoms with Gasteiger partial charge >= 0.3 is 0 Å². The van der Waals surface area contributed by atoms with Gasteiger partial charge in [-0.25, -0.2) is 9.37 Å². The Balaban J connectivity index is 1.96. The van der Waals surface area contributed by atoms with Crippen molar-refractivity contribution in [3.63, 3.8) is 0 Å². The Bertz CT molecular complexity index is 705. The predicted octanol–water partition coefficient (Wildman–Crippen LogP) is 1.57. The van der Waals surface area contributed by atoms with Crippen LogP contribution in [0.1, 0.15) is 37.7 Å². The van der Waals surface area contributed by atoms with Crippen molar-refractivity contribution < 1.29 is 14.3 Å². The number of carbonyl (C=O) groups excluding carboxylic acids is 1. The average molecular weight is 344 g/mol. The zero-order valence-corrected chi connectivity index (χ0v) is 13.9. The van der Waals surface area contributed by atoms with Crippen molar-refractivity contribution in [1.82, 2.24) is 10.3 Å². The summed E-state index contributed by atoms with van der Waals surface area (Å²) < 4.78 is 14.0. The number of amides is 1. The fourth-order valence-electron chi connectivity index (χ4n) is 2.99. The van der Waals surface area contributed by atoms with Crippen molar-refractivity contribution in [2.24, 2.45) is 5.92 Å². The molecule has 25 heavy (non-hydrogen) atoms. The van der Waals surface area contributed by atoms with E-state index in [9.17, 15) is 9.18 Å². The van der Waals surface area contributed by atoms with Gasteiger partial charge in [0.2, 0.25) is 5.91 Å². The van der Waals surface area contributed by atoms with Crippen LogP contribution in [0.5, 0.6) is 0 Å². The van der Waals surface area contributed by atoms with Gasteiger partial charge in [0.25, 0.3) is 0 Å². The molecule has 2 atom stereocenters. The lowest BCUT2D eigenvalue weighted by Gasteiger charge is -2.32. The standard InChI is InChI=1S/C18H21FN4O2/c19-15-9-13(11-20)12-22-18(15)23-16-6-2-1-5-14(16)10-17(25)21-7-3-4-8-24/h9,12,14,16,24H,1-2,5-8,10H2,(H,21,25)(H,22,23)/t14-,16-/m0/s1. The molecular weight excluding hydrogens is 323 g/mol. The molecule has 0 aromatic carbocycles. The van der Waals surface area contributed by atoms with Gasteiger partial charge in [-0.2, -0.15) is 5.26 Å². The maximum Gasteiger partial charge on any atom is 0.221 e. The summed E-state index contributed by atoms with van der Waals surface area (Å²) in [6.45, 7) is -0.0241. The van der Waals surface area contributed by atoms with Crippen molar-refractivity contribution in [3.05, 3.63) is 23.6 Å². The number of aromatic nitrogens is 1. The molecule has 3 N–H and O–H groups in total.